The summed E-state index contributed by atoms with van der Waals surface area (Å²) in [4.78, 5) is 28.0. The molecule has 318 valence electrons. The maximum Gasteiger partial charge on any atom is 0.306 e. The summed E-state index contributed by atoms with van der Waals surface area (Å²) in [6.07, 6.45) is 21.6. The van der Waals surface area contributed by atoms with Crippen molar-refractivity contribution in [3.05, 3.63) is 11.6 Å². The molecule has 0 heterocycles. The van der Waals surface area contributed by atoms with Crippen molar-refractivity contribution >= 4 is 49.1 Å². The van der Waals surface area contributed by atoms with E-state index in [0.29, 0.717) is 44.3 Å². The van der Waals surface area contributed by atoms with E-state index in [9.17, 15) is 9.59 Å². The van der Waals surface area contributed by atoms with Crippen LogP contribution in [0.4, 0.5) is 0 Å². The van der Waals surface area contributed by atoms with Crippen molar-refractivity contribution < 1.29 is 14.3 Å². The fourth-order valence-electron chi connectivity index (χ4n) is 11.7. The maximum absolute atomic E-state index is 13.1. The van der Waals surface area contributed by atoms with Crippen LogP contribution < -0.4 is 16.8 Å². The Hall–Kier alpha value is -0.570. The van der Waals surface area contributed by atoms with Crippen molar-refractivity contribution in [2.24, 2.45) is 63.7 Å². The largest absolute Gasteiger partial charge is 0.462 e. The third-order valence-electron chi connectivity index (χ3n) is 14.9. The molecule has 0 aromatic carbocycles. The minimum Gasteiger partial charge on any atom is -0.462 e. The van der Waals surface area contributed by atoms with Gasteiger partial charge in [0.1, 0.15) is 6.10 Å². The van der Waals surface area contributed by atoms with E-state index in [0.717, 1.165) is 106 Å². The quantitative estimate of drug-likeness (QED) is 0.0570. The Kier molecular flexibility index (Phi) is 23.9. The van der Waals surface area contributed by atoms with Crippen LogP contribution in [0.15, 0.2) is 11.6 Å². The molecular formula is C44H83Cl3N4O3. The highest BCUT2D eigenvalue weighted by Gasteiger charge is 2.59. The van der Waals surface area contributed by atoms with Crippen molar-refractivity contribution in [3.8, 4) is 0 Å². The van der Waals surface area contributed by atoms with Gasteiger partial charge in [-0.1, -0.05) is 66.0 Å². The number of hydrogen-bond donors (Lipinski definition) is 3. The number of unbranched alkanes of at least 4 members (excludes halogenated alkanes) is 1. The zero-order valence-corrected chi connectivity index (χ0v) is 37.7. The average Bonchev–Trinajstić information content (AvgIpc) is 3.46. The Balaban J connectivity index is 0.00000486. The molecule has 0 unspecified atom stereocenters. The van der Waals surface area contributed by atoms with Crippen LogP contribution in [0.25, 0.3) is 0 Å². The van der Waals surface area contributed by atoms with Crippen molar-refractivity contribution in [3.63, 3.8) is 0 Å². The second kappa shape index (κ2) is 25.0. The van der Waals surface area contributed by atoms with Crippen molar-refractivity contribution in [2.45, 2.75) is 163 Å². The Morgan fingerprint density at radius 2 is 1.57 bits per heavy atom. The van der Waals surface area contributed by atoms with E-state index in [1.807, 2.05) is 4.90 Å². The highest BCUT2D eigenvalue weighted by molar-refractivity contribution is 5.86. The number of carbonyl (C=O) groups excluding carboxylic acids is 2. The minimum absolute atomic E-state index is 0. The van der Waals surface area contributed by atoms with Crippen molar-refractivity contribution in [2.75, 3.05) is 39.3 Å². The van der Waals surface area contributed by atoms with Crippen LogP contribution in [0.2, 0.25) is 0 Å². The van der Waals surface area contributed by atoms with Gasteiger partial charge in [-0.05, 0) is 162 Å². The Bertz CT molecular complexity index is 1130. The Labute approximate surface area is 350 Å². The number of esters is 1. The van der Waals surface area contributed by atoms with Gasteiger partial charge >= 0.3 is 5.97 Å². The van der Waals surface area contributed by atoms with Crippen molar-refractivity contribution in [1.29, 1.82) is 0 Å². The summed E-state index contributed by atoms with van der Waals surface area (Å²) in [6, 6.07) is 0. The molecule has 0 aliphatic heterocycles. The van der Waals surface area contributed by atoms with Crippen LogP contribution in [0, 0.1) is 52.3 Å². The topological polar surface area (TPSA) is 111 Å². The zero-order valence-electron chi connectivity index (χ0n) is 35.2. The van der Waals surface area contributed by atoms with E-state index in [2.05, 4.69) is 52.9 Å². The first-order valence-electron chi connectivity index (χ1n) is 21.8. The van der Waals surface area contributed by atoms with Gasteiger partial charge < -0.3 is 26.4 Å². The summed E-state index contributed by atoms with van der Waals surface area (Å²) in [5.41, 5.74) is 13.6. The first-order valence-corrected chi connectivity index (χ1v) is 21.8. The molecule has 0 saturated heterocycles. The summed E-state index contributed by atoms with van der Waals surface area (Å²) in [5.74, 6) is 5.81. The molecule has 0 aromatic rings. The smallest absolute Gasteiger partial charge is 0.306 e. The minimum atomic E-state index is -0.138. The van der Waals surface area contributed by atoms with Gasteiger partial charge in [-0.25, -0.2) is 0 Å². The van der Waals surface area contributed by atoms with Gasteiger partial charge in [0.25, 0.3) is 0 Å². The monoisotopic (exact) mass is 821 g/mol. The fraction of sp³-hybridized carbons (Fsp3) is 0.909. The molecule has 0 spiro atoms. The van der Waals surface area contributed by atoms with E-state index in [-0.39, 0.29) is 60.6 Å². The molecule has 4 aliphatic carbocycles. The van der Waals surface area contributed by atoms with Crippen LogP contribution >= 0.6 is 37.2 Å². The number of fused-ring (bicyclic) bond motifs is 5. The Morgan fingerprint density at radius 3 is 2.26 bits per heavy atom. The van der Waals surface area contributed by atoms with E-state index in [1.165, 1.54) is 51.4 Å². The standard InChI is InChI=1S/C44H80N4O3.3ClH/c1-7-34(32(2)3)16-15-33(4)38-19-20-39-37-18-17-35-31-36(21-23-43(35,5)40(37)22-24-44(38,39)6)51-42(50)14-10-13-41(49)48(30-12-26-46)29-9-8-27-47-28-11-25-45;;;/h17,32-34,36-40,47H,7-16,18-31,45-46H2,1-6H3;3*1H/t33-,34-,36+,37+,38-,39+,40+,43+,44-;;;/m1.../s1. The van der Waals surface area contributed by atoms with Crippen LogP contribution in [0.3, 0.4) is 0 Å². The van der Waals surface area contributed by atoms with Gasteiger partial charge in [0.15, 0.2) is 0 Å². The first-order chi connectivity index (χ1) is 24.5. The molecule has 0 radical (unpaired) electrons. The number of allylic oxidation sites excluding steroid dienone is 1. The third kappa shape index (κ3) is 13.2. The summed E-state index contributed by atoms with van der Waals surface area (Å²) in [6.45, 7) is 19.6. The fourth-order valence-corrected chi connectivity index (χ4v) is 11.7. The number of halogens is 3. The summed E-state index contributed by atoms with van der Waals surface area (Å²) in [7, 11) is 0. The molecule has 1 amide bonds. The van der Waals surface area contributed by atoms with Crippen molar-refractivity contribution in [1.82, 2.24) is 10.2 Å². The molecule has 7 nitrogen and oxygen atoms in total. The highest BCUT2D eigenvalue weighted by atomic mass is 35.5. The molecule has 9 atom stereocenters. The normalized spacial score (nSPS) is 29.6. The number of amides is 1. The molecule has 0 aromatic heterocycles. The van der Waals surface area contributed by atoms with E-state index in [1.54, 1.807) is 5.57 Å². The van der Waals surface area contributed by atoms with Crippen LogP contribution in [0.1, 0.15) is 157 Å². The van der Waals surface area contributed by atoms with Crippen LogP contribution in [-0.2, 0) is 14.3 Å². The van der Waals surface area contributed by atoms with E-state index < -0.39 is 0 Å². The van der Waals surface area contributed by atoms with Gasteiger partial charge in [0.2, 0.25) is 5.91 Å². The maximum atomic E-state index is 13.1. The van der Waals surface area contributed by atoms with Gasteiger partial charge in [-0.2, -0.15) is 0 Å². The molecule has 4 aliphatic rings. The molecule has 3 fully saturated rings. The van der Waals surface area contributed by atoms with Gasteiger partial charge in [0, 0.05) is 32.4 Å². The second-order valence-corrected chi connectivity index (χ2v) is 18.3. The first kappa shape index (κ1) is 51.4. The SMILES string of the molecule is CC[C@H](CC[C@@H](C)[C@H]1CC[C@H]2[C@@H]3CC=C4C[C@@H](OC(=O)CCCC(=O)N(CCCN)CCCCNCCCN)CC[C@]4(C)[C@H]3CC[C@]12C)C(C)C.Cl.Cl.Cl. The number of hydrogen-bond acceptors (Lipinski definition) is 6. The molecule has 54 heavy (non-hydrogen) atoms. The predicted octanol–water partition coefficient (Wildman–Crippen LogP) is 9.91. The zero-order chi connectivity index (χ0) is 37.0. The number of rotatable bonds is 22. The average molecular weight is 823 g/mol. The number of ether oxygens (including phenoxy) is 1. The highest BCUT2D eigenvalue weighted by Crippen LogP contribution is 2.67. The molecule has 4 rings (SSSR count). The van der Waals surface area contributed by atoms with Gasteiger partial charge in [0.05, 0.1) is 0 Å². The molecule has 10 heteroatoms. The summed E-state index contributed by atoms with van der Waals surface area (Å²) in [5, 5.41) is 3.41. The number of nitrogens with two attached hydrogens (primary N) is 2. The lowest BCUT2D eigenvalue weighted by atomic mass is 9.47. The summed E-state index contributed by atoms with van der Waals surface area (Å²) >= 11 is 0. The number of nitrogens with zero attached hydrogens (tertiary/aromatic N) is 1. The lowest BCUT2D eigenvalue weighted by Crippen LogP contribution is -2.51. The Morgan fingerprint density at radius 1 is 0.870 bits per heavy atom. The van der Waals surface area contributed by atoms with Gasteiger partial charge in [-0.15, -0.1) is 37.2 Å². The lowest BCUT2D eigenvalue weighted by molar-refractivity contribution is -0.151. The lowest BCUT2D eigenvalue weighted by Gasteiger charge is -2.58. The van der Waals surface area contributed by atoms with Crippen LogP contribution in [-0.4, -0.2) is 62.1 Å². The summed E-state index contributed by atoms with van der Waals surface area (Å²) < 4.78 is 6.10. The number of carbonyl (C=O) groups is 2. The predicted molar refractivity (Wildman–Crippen MR) is 234 cm³/mol. The van der Waals surface area contributed by atoms with Crippen LogP contribution in [0.5, 0.6) is 0 Å². The number of nitrogens with one attached hydrogen (secondary N) is 1. The molecule has 5 N–H and O–H groups in total. The molecule has 0 bridgehead atoms. The van der Waals surface area contributed by atoms with E-state index >= 15 is 0 Å². The van der Waals surface area contributed by atoms with Gasteiger partial charge in [-0.3, -0.25) is 9.59 Å². The molecule has 3 saturated carbocycles. The molecular weight excluding hydrogens is 739 g/mol. The third-order valence-corrected chi connectivity index (χ3v) is 14.9. The second-order valence-electron chi connectivity index (χ2n) is 18.3. The van der Waals surface area contributed by atoms with E-state index in [4.69, 9.17) is 16.2 Å².